The molecule has 1 aliphatic rings. The molecule has 1 rings (SSSR count). The second-order valence-electron chi connectivity index (χ2n) is 3.73. The van der Waals surface area contributed by atoms with Gasteiger partial charge in [0.1, 0.15) is 0 Å². The predicted octanol–water partition coefficient (Wildman–Crippen LogP) is 1.68. The van der Waals surface area contributed by atoms with Gasteiger partial charge in [-0.1, -0.05) is 34.7 Å². The highest BCUT2D eigenvalue weighted by Gasteiger charge is 2.33. The highest BCUT2D eigenvalue weighted by molar-refractivity contribution is 9.11. The molecule has 0 radical (unpaired) electrons. The molecular weight excluding hydrogens is 274 g/mol. The van der Waals surface area contributed by atoms with Crippen LogP contribution < -0.4 is 5.32 Å². The average Bonchev–Trinajstić information content (AvgIpc) is 2.25. The smallest absolute Gasteiger partial charge is 0.307 e. The third-order valence-corrected chi connectivity index (χ3v) is 2.82. The minimum atomic E-state index is -0.915. The Balaban J connectivity index is 2.62. The summed E-state index contributed by atoms with van der Waals surface area (Å²) in [6.45, 7) is 3.92. The van der Waals surface area contributed by atoms with Gasteiger partial charge in [0.2, 0.25) is 5.91 Å². The zero-order chi connectivity index (χ0) is 12.1. The fourth-order valence-corrected chi connectivity index (χ4v) is 1.83. The van der Waals surface area contributed by atoms with Gasteiger partial charge < -0.3 is 10.4 Å². The molecule has 0 bridgehead atoms. The normalized spacial score (nSPS) is 23.8. The van der Waals surface area contributed by atoms with Crippen LogP contribution in [0, 0.1) is 11.8 Å². The molecule has 5 heteroatoms. The van der Waals surface area contributed by atoms with Crippen molar-refractivity contribution in [2.75, 3.05) is 6.54 Å². The summed E-state index contributed by atoms with van der Waals surface area (Å²) in [6, 6.07) is 0. The van der Waals surface area contributed by atoms with Crippen LogP contribution in [0.3, 0.4) is 0 Å². The van der Waals surface area contributed by atoms with Crippen molar-refractivity contribution in [2.45, 2.75) is 12.8 Å². The Morgan fingerprint density at radius 2 is 1.94 bits per heavy atom. The SMILES string of the molecule is C=C(Br)CNC(=O)C1CC=CCC1C(=O)O. The topological polar surface area (TPSA) is 66.4 Å². The van der Waals surface area contributed by atoms with E-state index < -0.39 is 17.8 Å². The number of carbonyl (C=O) groups is 2. The van der Waals surface area contributed by atoms with E-state index in [1.54, 1.807) is 0 Å². The minimum absolute atomic E-state index is 0.225. The van der Waals surface area contributed by atoms with E-state index in [4.69, 9.17) is 5.11 Å². The van der Waals surface area contributed by atoms with E-state index in [-0.39, 0.29) is 5.91 Å². The number of hydrogen-bond donors (Lipinski definition) is 2. The maximum absolute atomic E-state index is 11.7. The number of carboxylic acid groups (broad SMARTS) is 1. The Morgan fingerprint density at radius 1 is 1.38 bits per heavy atom. The predicted molar refractivity (Wildman–Crippen MR) is 64.1 cm³/mol. The lowest BCUT2D eigenvalue weighted by Crippen LogP contribution is -2.39. The summed E-state index contributed by atoms with van der Waals surface area (Å²) in [6.07, 6.45) is 4.57. The summed E-state index contributed by atoms with van der Waals surface area (Å²) >= 11 is 3.13. The molecule has 88 valence electrons. The Morgan fingerprint density at radius 3 is 2.44 bits per heavy atom. The molecule has 16 heavy (non-hydrogen) atoms. The summed E-state index contributed by atoms with van der Waals surface area (Å²) in [7, 11) is 0. The fourth-order valence-electron chi connectivity index (χ4n) is 1.69. The first-order valence-corrected chi connectivity index (χ1v) is 5.80. The van der Waals surface area contributed by atoms with Crippen LogP contribution in [0.4, 0.5) is 0 Å². The second-order valence-corrected chi connectivity index (χ2v) is 4.85. The summed E-state index contributed by atoms with van der Waals surface area (Å²) in [5, 5.41) is 11.6. The second kappa shape index (κ2) is 5.84. The quantitative estimate of drug-likeness (QED) is 0.773. The van der Waals surface area contributed by atoms with Crippen molar-refractivity contribution in [1.82, 2.24) is 5.32 Å². The summed E-state index contributed by atoms with van der Waals surface area (Å²) in [5.41, 5.74) is 0. The molecule has 0 heterocycles. The van der Waals surface area contributed by atoms with Crippen LogP contribution in [-0.4, -0.2) is 23.5 Å². The maximum atomic E-state index is 11.7. The van der Waals surface area contributed by atoms with Gasteiger partial charge in [0.25, 0.3) is 0 Å². The van der Waals surface area contributed by atoms with Gasteiger partial charge in [-0.15, -0.1) is 0 Å². The van der Waals surface area contributed by atoms with Gasteiger partial charge in [-0.3, -0.25) is 9.59 Å². The number of carboxylic acids is 1. The average molecular weight is 288 g/mol. The van der Waals surface area contributed by atoms with Crippen molar-refractivity contribution in [1.29, 1.82) is 0 Å². The van der Waals surface area contributed by atoms with Crippen LogP contribution in [0.15, 0.2) is 23.2 Å². The number of amides is 1. The number of nitrogens with one attached hydrogen (secondary N) is 1. The first kappa shape index (κ1) is 13.0. The first-order chi connectivity index (χ1) is 7.52. The van der Waals surface area contributed by atoms with Crippen molar-refractivity contribution in [3.63, 3.8) is 0 Å². The number of allylic oxidation sites excluding steroid dienone is 2. The third kappa shape index (κ3) is 3.48. The van der Waals surface area contributed by atoms with Gasteiger partial charge in [0.15, 0.2) is 0 Å². The summed E-state index contributed by atoms with van der Waals surface area (Å²) < 4.78 is 0.666. The van der Waals surface area contributed by atoms with Crippen LogP contribution in [0.1, 0.15) is 12.8 Å². The van der Waals surface area contributed by atoms with Crippen LogP contribution >= 0.6 is 15.9 Å². The van der Waals surface area contributed by atoms with E-state index in [0.29, 0.717) is 23.9 Å². The number of halogens is 1. The van der Waals surface area contributed by atoms with Crippen molar-refractivity contribution >= 4 is 27.8 Å². The van der Waals surface area contributed by atoms with Gasteiger partial charge in [0.05, 0.1) is 11.8 Å². The molecule has 0 saturated carbocycles. The molecular formula is C11H14BrNO3. The number of carbonyl (C=O) groups excluding carboxylic acids is 1. The Labute approximate surface area is 103 Å². The van der Waals surface area contributed by atoms with Gasteiger partial charge >= 0.3 is 5.97 Å². The highest BCUT2D eigenvalue weighted by Crippen LogP contribution is 2.26. The monoisotopic (exact) mass is 287 g/mol. The Kier molecular flexibility index (Phi) is 4.73. The highest BCUT2D eigenvalue weighted by atomic mass is 79.9. The lowest BCUT2D eigenvalue weighted by Gasteiger charge is -2.24. The fraction of sp³-hybridized carbons (Fsp3) is 0.455. The number of rotatable bonds is 4. The van der Waals surface area contributed by atoms with Gasteiger partial charge in [-0.05, 0) is 12.8 Å². The molecule has 0 aliphatic heterocycles. The molecule has 4 nitrogen and oxygen atoms in total. The molecule has 0 aromatic rings. The molecule has 0 aromatic heterocycles. The lowest BCUT2D eigenvalue weighted by molar-refractivity contribution is -0.147. The van der Waals surface area contributed by atoms with Crippen LogP contribution in [0.5, 0.6) is 0 Å². The number of aliphatic carboxylic acids is 1. The van der Waals surface area contributed by atoms with E-state index in [9.17, 15) is 9.59 Å². The van der Waals surface area contributed by atoms with Crippen LogP contribution in [-0.2, 0) is 9.59 Å². The lowest BCUT2D eigenvalue weighted by atomic mass is 9.82. The van der Waals surface area contributed by atoms with Crippen molar-refractivity contribution < 1.29 is 14.7 Å². The van der Waals surface area contributed by atoms with E-state index in [0.717, 1.165) is 0 Å². The van der Waals surface area contributed by atoms with Gasteiger partial charge in [0, 0.05) is 11.0 Å². The Hall–Kier alpha value is -1.10. The van der Waals surface area contributed by atoms with E-state index in [1.807, 2.05) is 12.2 Å². The standard InChI is InChI=1S/C11H14BrNO3/c1-7(12)6-13-10(14)8-4-2-3-5-9(8)11(15)16/h2-3,8-9H,1,4-6H2,(H,13,14)(H,15,16). The van der Waals surface area contributed by atoms with Crippen molar-refractivity contribution in [2.24, 2.45) is 11.8 Å². The van der Waals surface area contributed by atoms with Crippen LogP contribution in [0.25, 0.3) is 0 Å². The summed E-state index contributed by atoms with van der Waals surface area (Å²) in [4.78, 5) is 22.7. The zero-order valence-electron chi connectivity index (χ0n) is 8.78. The van der Waals surface area contributed by atoms with Crippen molar-refractivity contribution in [3.8, 4) is 0 Å². The Bertz CT molecular complexity index is 338. The molecule has 0 spiro atoms. The molecule has 0 fully saturated rings. The van der Waals surface area contributed by atoms with E-state index >= 15 is 0 Å². The molecule has 1 amide bonds. The van der Waals surface area contributed by atoms with E-state index in [2.05, 4.69) is 27.8 Å². The molecule has 1 aliphatic carbocycles. The summed E-state index contributed by atoms with van der Waals surface area (Å²) in [5.74, 6) is -2.23. The minimum Gasteiger partial charge on any atom is -0.481 e. The molecule has 2 unspecified atom stereocenters. The molecule has 0 aromatic carbocycles. The maximum Gasteiger partial charge on any atom is 0.307 e. The van der Waals surface area contributed by atoms with Crippen molar-refractivity contribution in [3.05, 3.63) is 23.2 Å². The third-order valence-electron chi connectivity index (χ3n) is 2.54. The molecule has 2 atom stereocenters. The zero-order valence-corrected chi connectivity index (χ0v) is 10.4. The first-order valence-electron chi connectivity index (χ1n) is 5.01. The number of hydrogen-bond acceptors (Lipinski definition) is 2. The largest absolute Gasteiger partial charge is 0.481 e. The van der Waals surface area contributed by atoms with Gasteiger partial charge in [-0.25, -0.2) is 0 Å². The van der Waals surface area contributed by atoms with Gasteiger partial charge in [-0.2, -0.15) is 0 Å². The molecule has 0 saturated heterocycles. The van der Waals surface area contributed by atoms with E-state index in [1.165, 1.54) is 0 Å². The molecule has 2 N–H and O–H groups in total. The van der Waals surface area contributed by atoms with Crippen LogP contribution in [0.2, 0.25) is 0 Å².